The molecule has 1 saturated heterocycles. The zero-order valence-corrected chi connectivity index (χ0v) is 16.5. The third kappa shape index (κ3) is 4.41. The van der Waals surface area contributed by atoms with E-state index in [-0.39, 0.29) is 23.4 Å². The van der Waals surface area contributed by atoms with Crippen molar-refractivity contribution in [2.45, 2.75) is 39.2 Å². The smallest absolute Gasteiger partial charge is 0.323 e. The predicted octanol–water partition coefficient (Wildman–Crippen LogP) is 1.06. The highest BCUT2D eigenvalue weighted by Crippen LogP contribution is 2.17. The average molecular weight is 394 g/mol. The number of piperazine rings is 1. The van der Waals surface area contributed by atoms with Crippen LogP contribution in [0.5, 0.6) is 0 Å². The predicted molar refractivity (Wildman–Crippen MR) is 104 cm³/mol. The van der Waals surface area contributed by atoms with Gasteiger partial charge in [0.15, 0.2) is 0 Å². The summed E-state index contributed by atoms with van der Waals surface area (Å²) in [4.78, 5) is 31.1. The summed E-state index contributed by atoms with van der Waals surface area (Å²) in [6, 6.07) is 5.62. The molecule has 27 heavy (non-hydrogen) atoms. The Kier molecular flexibility index (Phi) is 5.71. The molecule has 0 unspecified atom stereocenters. The molecule has 1 amide bonds. The van der Waals surface area contributed by atoms with Crippen molar-refractivity contribution >= 4 is 27.0 Å². The summed E-state index contributed by atoms with van der Waals surface area (Å²) in [5, 5.41) is 0. The minimum absolute atomic E-state index is 0.0622. The van der Waals surface area contributed by atoms with Crippen molar-refractivity contribution in [3.05, 3.63) is 34.2 Å². The van der Waals surface area contributed by atoms with E-state index in [9.17, 15) is 18.0 Å². The van der Waals surface area contributed by atoms with Gasteiger partial charge in [0.05, 0.1) is 16.8 Å². The topological polar surface area (TPSA) is 106 Å². The third-order valence-corrected chi connectivity index (χ3v) is 6.95. The molecular weight excluding hydrogens is 368 g/mol. The highest BCUT2D eigenvalue weighted by Gasteiger charge is 2.32. The van der Waals surface area contributed by atoms with Gasteiger partial charge in [0.2, 0.25) is 15.9 Å². The van der Waals surface area contributed by atoms with E-state index >= 15 is 0 Å². The summed E-state index contributed by atoms with van der Waals surface area (Å²) in [7, 11) is -3.20. The Bertz CT molecular complexity index is 979. The normalized spacial score (nSPS) is 18.9. The van der Waals surface area contributed by atoms with Gasteiger partial charge in [-0.3, -0.25) is 4.79 Å². The van der Waals surface area contributed by atoms with Crippen LogP contribution in [0.15, 0.2) is 23.0 Å². The van der Waals surface area contributed by atoms with Crippen LogP contribution in [0.25, 0.3) is 11.0 Å². The lowest BCUT2D eigenvalue weighted by Gasteiger charge is -2.39. The number of carbonyl (C=O) groups is 1. The summed E-state index contributed by atoms with van der Waals surface area (Å²) >= 11 is 0. The first-order chi connectivity index (χ1) is 12.8. The summed E-state index contributed by atoms with van der Waals surface area (Å²) < 4.78 is 25.5. The molecule has 1 atom stereocenters. The molecule has 0 bridgehead atoms. The molecule has 1 aromatic heterocycles. The van der Waals surface area contributed by atoms with E-state index in [4.69, 9.17) is 0 Å². The number of fused-ring (bicyclic) bond motifs is 1. The number of H-pyrrole nitrogens is 2. The number of sulfonamides is 1. The van der Waals surface area contributed by atoms with Crippen molar-refractivity contribution in [1.82, 2.24) is 19.2 Å². The van der Waals surface area contributed by atoms with E-state index in [1.807, 2.05) is 25.1 Å². The highest BCUT2D eigenvalue weighted by molar-refractivity contribution is 7.89. The van der Waals surface area contributed by atoms with E-state index in [1.165, 1.54) is 4.31 Å². The lowest BCUT2D eigenvalue weighted by atomic mass is 10.1. The van der Waals surface area contributed by atoms with E-state index in [1.54, 1.807) is 11.8 Å². The maximum atomic E-state index is 12.5. The standard InChI is InChI=1S/C18H26N4O4S/c1-3-27(25,26)21-9-10-22(13(2)12-21)17(23)6-4-5-14-7-8-15-16(11-14)20-18(24)19-15/h7-8,11,13H,3-6,9-10,12H2,1-2H3,(H2,19,20,24)/t13-/m1/s1. The first kappa shape index (κ1) is 19.6. The van der Waals surface area contributed by atoms with E-state index in [2.05, 4.69) is 9.97 Å². The number of aromatic nitrogens is 2. The monoisotopic (exact) mass is 394 g/mol. The zero-order chi connectivity index (χ0) is 19.6. The van der Waals surface area contributed by atoms with Crippen molar-refractivity contribution in [1.29, 1.82) is 0 Å². The molecule has 9 heteroatoms. The van der Waals surface area contributed by atoms with Crippen LogP contribution in [0.4, 0.5) is 0 Å². The molecule has 1 aliphatic rings. The van der Waals surface area contributed by atoms with Crippen LogP contribution in [0.3, 0.4) is 0 Å². The number of hydrogen-bond acceptors (Lipinski definition) is 4. The lowest BCUT2D eigenvalue weighted by Crippen LogP contribution is -2.55. The quantitative estimate of drug-likeness (QED) is 0.764. The molecule has 2 aromatic rings. The number of nitrogens with zero attached hydrogens (tertiary/aromatic N) is 2. The van der Waals surface area contributed by atoms with Crippen LogP contribution >= 0.6 is 0 Å². The molecule has 148 valence electrons. The second kappa shape index (κ2) is 7.85. The van der Waals surface area contributed by atoms with Gasteiger partial charge < -0.3 is 14.9 Å². The number of aryl methyl sites for hydroxylation is 1. The second-order valence-corrected chi connectivity index (χ2v) is 9.26. The van der Waals surface area contributed by atoms with Gasteiger partial charge in [-0.25, -0.2) is 13.2 Å². The van der Waals surface area contributed by atoms with Gasteiger partial charge in [0.25, 0.3) is 0 Å². The fourth-order valence-electron chi connectivity index (χ4n) is 3.55. The lowest BCUT2D eigenvalue weighted by molar-refractivity contribution is -0.134. The average Bonchev–Trinajstić information content (AvgIpc) is 3.00. The fraction of sp³-hybridized carbons (Fsp3) is 0.556. The molecule has 2 N–H and O–H groups in total. The van der Waals surface area contributed by atoms with E-state index in [0.29, 0.717) is 32.5 Å². The highest BCUT2D eigenvalue weighted by atomic mass is 32.2. The minimum atomic E-state index is -3.20. The van der Waals surface area contributed by atoms with Gasteiger partial charge >= 0.3 is 5.69 Å². The molecule has 1 aromatic carbocycles. The fourth-order valence-corrected chi connectivity index (χ4v) is 4.72. The molecule has 1 aliphatic heterocycles. The number of aromatic amines is 2. The minimum Gasteiger partial charge on any atom is -0.337 e. The molecule has 3 rings (SSSR count). The van der Waals surface area contributed by atoms with Gasteiger partial charge in [-0.05, 0) is 44.4 Å². The molecular formula is C18H26N4O4S. The van der Waals surface area contributed by atoms with Gasteiger partial charge in [0, 0.05) is 32.1 Å². The largest absolute Gasteiger partial charge is 0.337 e. The van der Waals surface area contributed by atoms with Crippen LogP contribution in [0.1, 0.15) is 32.3 Å². The number of imidazole rings is 1. The van der Waals surface area contributed by atoms with Gasteiger partial charge in [-0.2, -0.15) is 4.31 Å². The maximum absolute atomic E-state index is 12.5. The number of hydrogen-bond donors (Lipinski definition) is 2. The summed E-state index contributed by atoms with van der Waals surface area (Å²) in [6.45, 7) is 4.70. The van der Waals surface area contributed by atoms with E-state index in [0.717, 1.165) is 23.0 Å². The number of benzene rings is 1. The second-order valence-electron chi connectivity index (χ2n) is 7.01. The molecule has 0 saturated carbocycles. The SMILES string of the molecule is CCS(=O)(=O)N1CCN(C(=O)CCCc2ccc3[nH]c(=O)[nH]c3c2)[C@H](C)C1. The Hall–Kier alpha value is -2.13. The number of carbonyl (C=O) groups excluding carboxylic acids is 1. The van der Waals surface area contributed by atoms with Crippen molar-refractivity contribution in [2.24, 2.45) is 0 Å². The Morgan fingerprint density at radius 3 is 2.67 bits per heavy atom. The molecule has 0 spiro atoms. The van der Waals surface area contributed by atoms with E-state index < -0.39 is 10.0 Å². The molecule has 1 fully saturated rings. The number of amides is 1. The Balaban J connectivity index is 1.52. The van der Waals surface area contributed by atoms with Crippen LogP contribution in [-0.2, 0) is 21.2 Å². The third-order valence-electron chi connectivity index (χ3n) is 5.11. The van der Waals surface area contributed by atoms with Crippen molar-refractivity contribution in [3.63, 3.8) is 0 Å². The summed E-state index contributed by atoms with van der Waals surface area (Å²) in [5.41, 5.74) is 2.38. The Labute approximate surface area is 158 Å². The Morgan fingerprint density at radius 1 is 1.22 bits per heavy atom. The molecule has 2 heterocycles. The van der Waals surface area contributed by atoms with Crippen LogP contribution in [-0.4, -0.2) is 64.9 Å². The number of rotatable bonds is 6. The van der Waals surface area contributed by atoms with Crippen LogP contribution in [0.2, 0.25) is 0 Å². The summed E-state index contributed by atoms with van der Waals surface area (Å²) in [5.74, 6) is 0.150. The molecule has 0 radical (unpaired) electrons. The molecule has 0 aliphatic carbocycles. The van der Waals surface area contributed by atoms with Crippen molar-refractivity contribution in [2.75, 3.05) is 25.4 Å². The van der Waals surface area contributed by atoms with Crippen molar-refractivity contribution < 1.29 is 13.2 Å². The zero-order valence-electron chi connectivity index (χ0n) is 15.7. The van der Waals surface area contributed by atoms with Crippen LogP contribution in [0, 0.1) is 0 Å². The summed E-state index contributed by atoms with van der Waals surface area (Å²) in [6.07, 6.45) is 1.87. The van der Waals surface area contributed by atoms with Crippen molar-refractivity contribution in [3.8, 4) is 0 Å². The molecule has 8 nitrogen and oxygen atoms in total. The van der Waals surface area contributed by atoms with Gasteiger partial charge in [-0.1, -0.05) is 6.07 Å². The van der Waals surface area contributed by atoms with Crippen LogP contribution < -0.4 is 5.69 Å². The van der Waals surface area contributed by atoms with Gasteiger partial charge in [-0.15, -0.1) is 0 Å². The number of nitrogens with one attached hydrogen (secondary N) is 2. The first-order valence-corrected chi connectivity index (χ1v) is 10.9. The van der Waals surface area contributed by atoms with Gasteiger partial charge in [0.1, 0.15) is 0 Å². The maximum Gasteiger partial charge on any atom is 0.323 e. The Morgan fingerprint density at radius 2 is 1.96 bits per heavy atom. The first-order valence-electron chi connectivity index (χ1n) is 9.28.